The fourth-order valence-electron chi connectivity index (χ4n) is 1.88. The predicted octanol–water partition coefficient (Wildman–Crippen LogP) is 2.44. The van der Waals surface area contributed by atoms with Gasteiger partial charge in [-0.25, -0.2) is 0 Å². The van der Waals surface area contributed by atoms with Crippen LogP contribution in [0.1, 0.15) is 46.0 Å². The van der Waals surface area contributed by atoms with Gasteiger partial charge in [0.05, 0.1) is 0 Å². The lowest BCUT2D eigenvalue weighted by Crippen LogP contribution is -2.32. The Balaban J connectivity index is 2.28. The third-order valence-electron chi connectivity index (χ3n) is 2.83. The zero-order chi connectivity index (χ0) is 9.68. The highest BCUT2D eigenvalue weighted by Gasteiger charge is 2.22. The molecule has 13 heavy (non-hydrogen) atoms. The molecule has 1 heterocycles. The minimum atomic E-state index is 0.248. The van der Waals surface area contributed by atoms with Crippen molar-refractivity contribution in [2.24, 2.45) is 5.92 Å². The van der Waals surface area contributed by atoms with Crippen LogP contribution in [0.5, 0.6) is 0 Å². The van der Waals surface area contributed by atoms with Crippen molar-refractivity contribution in [3.63, 3.8) is 0 Å². The maximum Gasteiger partial charge on any atom is 0.225 e. The highest BCUT2D eigenvalue weighted by atomic mass is 16.2. The van der Waals surface area contributed by atoms with E-state index in [2.05, 4.69) is 13.8 Å². The Kier molecular flexibility index (Phi) is 4.26. The molecule has 1 unspecified atom stereocenters. The molecule has 1 fully saturated rings. The van der Waals surface area contributed by atoms with E-state index in [4.69, 9.17) is 0 Å². The summed E-state index contributed by atoms with van der Waals surface area (Å²) in [5.41, 5.74) is 0. The van der Waals surface area contributed by atoms with Crippen molar-refractivity contribution < 1.29 is 4.79 Å². The first-order valence-corrected chi connectivity index (χ1v) is 5.54. The zero-order valence-corrected chi connectivity index (χ0v) is 8.88. The van der Waals surface area contributed by atoms with E-state index in [1.165, 1.54) is 25.7 Å². The van der Waals surface area contributed by atoms with Crippen LogP contribution in [-0.2, 0) is 4.79 Å². The van der Waals surface area contributed by atoms with Crippen molar-refractivity contribution in [3.05, 3.63) is 0 Å². The fourth-order valence-corrected chi connectivity index (χ4v) is 1.88. The second-order valence-electron chi connectivity index (χ2n) is 4.08. The van der Waals surface area contributed by atoms with E-state index >= 15 is 0 Å². The Bertz CT molecular complexity index is 161. The van der Waals surface area contributed by atoms with E-state index in [-0.39, 0.29) is 5.92 Å². The Labute approximate surface area is 81.3 Å². The molecule has 1 rings (SSSR count). The fraction of sp³-hybridized carbons (Fsp3) is 0.909. The molecule has 0 N–H and O–H groups in total. The number of hydrogen-bond acceptors (Lipinski definition) is 1. The van der Waals surface area contributed by atoms with E-state index in [9.17, 15) is 4.79 Å². The molecule has 1 saturated heterocycles. The number of carbonyl (C=O) groups excluding carboxylic acids is 1. The number of nitrogens with zero attached hydrogens (tertiary/aromatic N) is 1. The highest BCUT2D eigenvalue weighted by molar-refractivity contribution is 5.78. The van der Waals surface area contributed by atoms with E-state index in [1.807, 2.05) is 4.90 Å². The molecule has 0 aromatic rings. The largest absolute Gasteiger partial charge is 0.342 e. The zero-order valence-electron chi connectivity index (χ0n) is 8.88. The molecule has 0 saturated carbocycles. The van der Waals surface area contributed by atoms with Crippen LogP contribution in [0.3, 0.4) is 0 Å². The molecule has 76 valence electrons. The molecule has 2 nitrogen and oxygen atoms in total. The maximum absolute atomic E-state index is 11.8. The van der Waals surface area contributed by atoms with Gasteiger partial charge < -0.3 is 4.90 Å². The molecule has 0 bridgehead atoms. The average molecular weight is 183 g/mol. The van der Waals surface area contributed by atoms with Gasteiger partial charge in [-0.2, -0.15) is 0 Å². The molecule has 1 amide bonds. The molecule has 1 atom stereocenters. The topological polar surface area (TPSA) is 20.3 Å². The number of amides is 1. The first-order valence-electron chi connectivity index (χ1n) is 5.54. The van der Waals surface area contributed by atoms with Gasteiger partial charge in [-0.1, -0.05) is 26.7 Å². The summed E-state index contributed by atoms with van der Waals surface area (Å²) >= 11 is 0. The van der Waals surface area contributed by atoms with Crippen LogP contribution in [0.2, 0.25) is 0 Å². The summed E-state index contributed by atoms with van der Waals surface area (Å²) in [4.78, 5) is 13.8. The first-order chi connectivity index (χ1) is 6.25. The van der Waals surface area contributed by atoms with Crippen molar-refractivity contribution in [1.29, 1.82) is 0 Å². The lowest BCUT2D eigenvalue weighted by Gasteiger charge is -2.19. The molecule has 0 aromatic carbocycles. The van der Waals surface area contributed by atoms with Crippen LogP contribution in [-0.4, -0.2) is 23.9 Å². The molecule has 1 aliphatic rings. The van der Waals surface area contributed by atoms with Gasteiger partial charge in [0.15, 0.2) is 0 Å². The number of rotatable bonds is 4. The summed E-state index contributed by atoms with van der Waals surface area (Å²) in [6.07, 6.45) is 5.84. The summed E-state index contributed by atoms with van der Waals surface area (Å²) in [6.45, 7) is 6.23. The number of likely N-dealkylation sites (tertiary alicyclic amines) is 1. The summed E-state index contributed by atoms with van der Waals surface area (Å²) in [5.74, 6) is 0.629. The Morgan fingerprint density at radius 3 is 2.54 bits per heavy atom. The average Bonchev–Trinajstić information content (AvgIpc) is 2.65. The molecule has 0 aromatic heterocycles. The SMILES string of the molecule is CCCCC(C)C(=O)N1CCCC1. The van der Waals surface area contributed by atoms with E-state index in [0.29, 0.717) is 5.91 Å². The quantitative estimate of drug-likeness (QED) is 0.655. The minimum Gasteiger partial charge on any atom is -0.342 e. The van der Waals surface area contributed by atoms with E-state index in [1.54, 1.807) is 0 Å². The molecular weight excluding hydrogens is 162 g/mol. The molecule has 0 radical (unpaired) electrons. The lowest BCUT2D eigenvalue weighted by molar-refractivity contribution is -0.134. The number of hydrogen-bond donors (Lipinski definition) is 0. The van der Waals surface area contributed by atoms with E-state index < -0.39 is 0 Å². The monoisotopic (exact) mass is 183 g/mol. The lowest BCUT2D eigenvalue weighted by atomic mass is 10.0. The second kappa shape index (κ2) is 5.25. The molecule has 0 aliphatic carbocycles. The van der Waals surface area contributed by atoms with Gasteiger partial charge in [0.1, 0.15) is 0 Å². The smallest absolute Gasteiger partial charge is 0.225 e. The predicted molar refractivity (Wildman–Crippen MR) is 54.5 cm³/mol. The van der Waals surface area contributed by atoms with Gasteiger partial charge in [0.25, 0.3) is 0 Å². The molecule has 0 spiro atoms. The van der Waals surface area contributed by atoms with Crippen molar-refractivity contribution in [3.8, 4) is 0 Å². The van der Waals surface area contributed by atoms with Crippen LogP contribution in [0.15, 0.2) is 0 Å². The van der Waals surface area contributed by atoms with Crippen LogP contribution in [0.4, 0.5) is 0 Å². The van der Waals surface area contributed by atoms with Crippen LogP contribution in [0, 0.1) is 5.92 Å². The van der Waals surface area contributed by atoms with Gasteiger partial charge in [-0.3, -0.25) is 4.79 Å². The Morgan fingerprint density at radius 2 is 2.00 bits per heavy atom. The normalized spacial score (nSPS) is 19.1. The molecule has 2 heteroatoms. The van der Waals surface area contributed by atoms with Crippen LogP contribution >= 0.6 is 0 Å². The third kappa shape index (κ3) is 3.02. The Hall–Kier alpha value is -0.530. The van der Waals surface area contributed by atoms with Gasteiger partial charge in [0.2, 0.25) is 5.91 Å². The van der Waals surface area contributed by atoms with Gasteiger partial charge in [-0.05, 0) is 19.3 Å². The number of carbonyl (C=O) groups is 1. The third-order valence-corrected chi connectivity index (χ3v) is 2.83. The van der Waals surface area contributed by atoms with Crippen molar-refractivity contribution in [2.75, 3.05) is 13.1 Å². The van der Waals surface area contributed by atoms with Gasteiger partial charge >= 0.3 is 0 Å². The van der Waals surface area contributed by atoms with Gasteiger partial charge in [-0.15, -0.1) is 0 Å². The van der Waals surface area contributed by atoms with Crippen molar-refractivity contribution in [1.82, 2.24) is 4.90 Å². The second-order valence-corrected chi connectivity index (χ2v) is 4.08. The van der Waals surface area contributed by atoms with Crippen molar-refractivity contribution in [2.45, 2.75) is 46.0 Å². The van der Waals surface area contributed by atoms with Crippen molar-refractivity contribution >= 4 is 5.91 Å². The molecular formula is C11H21NO. The first kappa shape index (κ1) is 10.6. The summed E-state index contributed by atoms with van der Waals surface area (Å²) in [7, 11) is 0. The van der Waals surface area contributed by atoms with Gasteiger partial charge in [0, 0.05) is 19.0 Å². The van der Waals surface area contributed by atoms with Crippen LogP contribution in [0.25, 0.3) is 0 Å². The maximum atomic E-state index is 11.8. The van der Waals surface area contributed by atoms with E-state index in [0.717, 1.165) is 19.5 Å². The standard InChI is InChI=1S/C11H21NO/c1-3-4-7-10(2)11(13)12-8-5-6-9-12/h10H,3-9H2,1-2H3. The summed E-state index contributed by atoms with van der Waals surface area (Å²) < 4.78 is 0. The number of unbranched alkanes of at least 4 members (excludes halogenated alkanes) is 1. The summed E-state index contributed by atoms with van der Waals surface area (Å²) in [6, 6.07) is 0. The highest BCUT2D eigenvalue weighted by Crippen LogP contribution is 2.15. The minimum absolute atomic E-state index is 0.248. The van der Waals surface area contributed by atoms with Crippen LogP contribution < -0.4 is 0 Å². The molecule has 1 aliphatic heterocycles. The Morgan fingerprint density at radius 1 is 1.38 bits per heavy atom. The summed E-state index contributed by atoms with van der Waals surface area (Å²) in [5, 5.41) is 0.